The maximum atomic E-state index is 11.6. The Morgan fingerprint density at radius 1 is 1.60 bits per heavy atom. The van der Waals surface area contributed by atoms with Crippen molar-refractivity contribution in [1.82, 2.24) is 4.90 Å². The fourth-order valence-electron chi connectivity index (χ4n) is 1.93. The van der Waals surface area contributed by atoms with Gasteiger partial charge in [0.1, 0.15) is 0 Å². The summed E-state index contributed by atoms with van der Waals surface area (Å²) in [4.78, 5) is 13.4. The average Bonchev–Trinajstić information content (AvgIpc) is 2.17. The average molecular weight is 215 g/mol. The molecule has 1 aliphatic rings. The molecule has 1 N–H and O–H groups in total. The third-order valence-electron chi connectivity index (χ3n) is 2.65. The SMILES string of the molecule is CC(C)OC(=O)N1CCCC(CCO)C1. The summed E-state index contributed by atoms with van der Waals surface area (Å²) >= 11 is 0. The number of aliphatic hydroxyl groups excluding tert-OH is 1. The normalized spacial score (nSPS) is 21.9. The molecular formula is C11H21NO3. The van der Waals surface area contributed by atoms with E-state index in [1.807, 2.05) is 13.8 Å². The van der Waals surface area contributed by atoms with Crippen molar-refractivity contribution in [3.63, 3.8) is 0 Å². The molecule has 88 valence electrons. The van der Waals surface area contributed by atoms with Crippen molar-refractivity contribution in [2.45, 2.75) is 39.2 Å². The molecule has 1 amide bonds. The van der Waals surface area contributed by atoms with Gasteiger partial charge in [0.15, 0.2) is 0 Å². The van der Waals surface area contributed by atoms with E-state index in [-0.39, 0.29) is 18.8 Å². The summed E-state index contributed by atoms with van der Waals surface area (Å²) in [5.74, 6) is 0.434. The van der Waals surface area contributed by atoms with Gasteiger partial charge < -0.3 is 14.7 Å². The molecule has 1 rings (SSSR count). The Morgan fingerprint density at radius 3 is 2.93 bits per heavy atom. The number of ether oxygens (including phenoxy) is 1. The number of carbonyl (C=O) groups is 1. The third kappa shape index (κ3) is 4.08. The van der Waals surface area contributed by atoms with E-state index >= 15 is 0 Å². The van der Waals surface area contributed by atoms with Gasteiger partial charge in [0.25, 0.3) is 0 Å². The molecule has 0 saturated carbocycles. The molecule has 0 spiro atoms. The zero-order valence-corrected chi connectivity index (χ0v) is 9.61. The predicted molar refractivity (Wildman–Crippen MR) is 57.6 cm³/mol. The van der Waals surface area contributed by atoms with Gasteiger partial charge in [0, 0.05) is 19.7 Å². The van der Waals surface area contributed by atoms with E-state index in [1.165, 1.54) is 0 Å². The highest BCUT2D eigenvalue weighted by molar-refractivity contribution is 5.67. The van der Waals surface area contributed by atoms with Crippen LogP contribution in [0.25, 0.3) is 0 Å². The molecule has 1 atom stereocenters. The summed E-state index contributed by atoms with van der Waals surface area (Å²) < 4.78 is 5.14. The lowest BCUT2D eigenvalue weighted by Gasteiger charge is -2.32. The lowest BCUT2D eigenvalue weighted by atomic mass is 9.95. The summed E-state index contributed by atoms with van der Waals surface area (Å²) in [5, 5.41) is 8.85. The second-order valence-corrected chi connectivity index (χ2v) is 4.40. The number of hydrogen-bond donors (Lipinski definition) is 1. The number of piperidine rings is 1. The number of hydrogen-bond acceptors (Lipinski definition) is 3. The van der Waals surface area contributed by atoms with Crippen molar-refractivity contribution in [1.29, 1.82) is 0 Å². The standard InChI is InChI=1S/C11H21NO3/c1-9(2)15-11(14)12-6-3-4-10(8-12)5-7-13/h9-10,13H,3-8H2,1-2H3. The van der Waals surface area contributed by atoms with Gasteiger partial charge in [-0.05, 0) is 39.0 Å². The van der Waals surface area contributed by atoms with Crippen LogP contribution in [0.2, 0.25) is 0 Å². The first-order valence-corrected chi connectivity index (χ1v) is 5.70. The van der Waals surface area contributed by atoms with Crippen LogP contribution in [0, 0.1) is 5.92 Å². The van der Waals surface area contributed by atoms with Crippen molar-refractivity contribution in [2.75, 3.05) is 19.7 Å². The highest BCUT2D eigenvalue weighted by atomic mass is 16.6. The Morgan fingerprint density at radius 2 is 2.33 bits per heavy atom. The fourth-order valence-corrected chi connectivity index (χ4v) is 1.93. The monoisotopic (exact) mass is 215 g/mol. The van der Waals surface area contributed by atoms with Crippen LogP contribution in [0.5, 0.6) is 0 Å². The summed E-state index contributed by atoms with van der Waals surface area (Å²) in [5.41, 5.74) is 0. The predicted octanol–water partition coefficient (Wildman–Crippen LogP) is 1.63. The maximum Gasteiger partial charge on any atom is 0.410 e. The van der Waals surface area contributed by atoms with Crippen molar-refractivity contribution >= 4 is 6.09 Å². The van der Waals surface area contributed by atoms with Crippen LogP contribution >= 0.6 is 0 Å². The molecule has 1 fully saturated rings. The largest absolute Gasteiger partial charge is 0.447 e. The molecule has 0 bridgehead atoms. The highest BCUT2D eigenvalue weighted by Gasteiger charge is 2.24. The second-order valence-electron chi connectivity index (χ2n) is 4.40. The number of aliphatic hydroxyl groups is 1. The number of carbonyl (C=O) groups excluding carboxylic acids is 1. The van der Waals surface area contributed by atoms with Crippen LogP contribution in [0.1, 0.15) is 33.1 Å². The summed E-state index contributed by atoms with van der Waals surface area (Å²) in [6, 6.07) is 0. The quantitative estimate of drug-likeness (QED) is 0.778. The van der Waals surface area contributed by atoms with Crippen molar-refractivity contribution in [3.8, 4) is 0 Å². The van der Waals surface area contributed by atoms with Gasteiger partial charge in [0.2, 0.25) is 0 Å². The van der Waals surface area contributed by atoms with Crippen molar-refractivity contribution in [2.24, 2.45) is 5.92 Å². The first-order chi connectivity index (χ1) is 7.13. The number of likely N-dealkylation sites (tertiary alicyclic amines) is 1. The molecule has 4 nitrogen and oxygen atoms in total. The molecule has 15 heavy (non-hydrogen) atoms. The minimum Gasteiger partial charge on any atom is -0.447 e. The van der Waals surface area contributed by atoms with E-state index < -0.39 is 0 Å². The zero-order chi connectivity index (χ0) is 11.3. The van der Waals surface area contributed by atoms with Crippen molar-refractivity contribution < 1.29 is 14.6 Å². The molecule has 4 heteroatoms. The smallest absolute Gasteiger partial charge is 0.410 e. The van der Waals surface area contributed by atoms with Gasteiger partial charge in [-0.3, -0.25) is 0 Å². The van der Waals surface area contributed by atoms with Gasteiger partial charge in [0.05, 0.1) is 6.10 Å². The fraction of sp³-hybridized carbons (Fsp3) is 0.909. The number of rotatable bonds is 3. The molecule has 0 aromatic heterocycles. The van der Waals surface area contributed by atoms with Crippen LogP contribution in [0.4, 0.5) is 4.79 Å². The molecule has 1 unspecified atom stereocenters. The third-order valence-corrected chi connectivity index (χ3v) is 2.65. The number of nitrogens with zero attached hydrogens (tertiary/aromatic N) is 1. The van der Waals surface area contributed by atoms with Crippen LogP contribution < -0.4 is 0 Å². The lowest BCUT2D eigenvalue weighted by molar-refractivity contribution is 0.0596. The van der Waals surface area contributed by atoms with Gasteiger partial charge in [-0.15, -0.1) is 0 Å². The summed E-state index contributed by atoms with van der Waals surface area (Å²) in [6.07, 6.45) is 2.62. The highest BCUT2D eigenvalue weighted by Crippen LogP contribution is 2.19. The van der Waals surface area contributed by atoms with Gasteiger partial charge >= 0.3 is 6.09 Å². The van der Waals surface area contributed by atoms with Gasteiger partial charge in [-0.25, -0.2) is 4.79 Å². The van der Waals surface area contributed by atoms with E-state index in [0.717, 1.165) is 32.4 Å². The molecule has 0 aromatic rings. The molecule has 1 aliphatic heterocycles. The molecule has 1 heterocycles. The molecule has 0 aromatic carbocycles. The molecular weight excluding hydrogens is 194 g/mol. The Kier molecular flexibility index (Phi) is 4.88. The van der Waals surface area contributed by atoms with E-state index in [4.69, 9.17) is 9.84 Å². The first kappa shape index (κ1) is 12.3. The van der Waals surface area contributed by atoms with Crippen LogP contribution in [0.3, 0.4) is 0 Å². The zero-order valence-electron chi connectivity index (χ0n) is 9.61. The summed E-state index contributed by atoms with van der Waals surface area (Å²) in [7, 11) is 0. The van der Waals surface area contributed by atoms with Crippen LogP contribution in [0.15, 0.2) is 0 Å². The van der Waals surface area contributed by atoms with E-state index in [9.17, 15) is 4.79 Å². The maximum absolute atomic E-state index is 11.6. The Bertz CT molecular complexity index is 204. The van der Waals surface area contributed by atoms with E-state index in [1.54, 1.807) is 4.90 Å². The van der Waals surface area contributed by atoms with Crippen LogP contribution in [-0.4, -0.2) is 41.9 Å². The van der Waals surface area contributed by atoms with Crippen molar-refractivity contribution in [3.05, 3.63) is 0 Å². The van der Waals surface area contributed by atoms with E-state index in [0.29, 0.717) is 5.92 Å². The summed E-state index contributed by atoms with van der Waals surface area (Å²) in [6.45, 7) is 5.43. The number of amides is 1. The first-order valence-electron chi connectivity index (χ1n) is 5.70. The Hall–Kier alpha value is -0.770. The molecule has 0 radical (unpaired) electrons. The molecule has 0 aliphatic carbocycles. The Balaban J connectivity index is 2.38. The van der Waals surface area contributed by atoms with Gasteiger partial charge in [-0.1, -0.05) is 0 Å². The minimum atomic E-state index is -0.215. The van der Waals surface area contributed by atoms with Gasteiger partial charge in [-0.2, -0.15) is 0 Å². The molecule has 1 saturated heterocycles. The van der Waals surface area contributed by atoms with E-state index in [2.05, 4.69) is 0 Å². The van der Waals surface area contributed by atoms with Crippen LogP contribution in [-0.2, 0) is 4.74 Å². The lowest BCUT2D eigenvalue weighted by Crippen LogP contribution is -2.41. The second kappa shape index (κ2) is 5.95. The minimum absolute atomic E-state index is 0.0595. The topological polar surface area (TPSA) is 49.8 Å². The Labute approximate surface area is 91.2 Å².